The van der Waals surface area contributed by atoms with Crippen LogP contribution in [0.5, 0.6) is 0 Å². The number of aliphatic imine (C=N–C) groups is 1. The number of rotatable bonds is 1. The minimum atomic E-state index is -0.515. The van der Waals surface area contributed by atoms with E-state index in [1.807, 2.05) is 39.0 Å². The number of nitrogens with zero attached hydrogens (tertiary/aromatic N) is 3. The van der Waals surface area contributed by atoms with Crippen molar-refractivity contribution in [3.8, 4) is 0 Å². The molecule has 118 valence electrons. The van der Waals surface area contributed by atoms with Crippen molar-refractivity contribution in [1.29, 1.82) is 0 Å². The third kappa shape index (κ3) is 4.31. The van der Waals surface area contributed by atoms with Crippen molar-refractivity contribution in [1.82, 2.24) is 9.88 Å². The Balaban J connectivity index is 2.17. The predicted molar refractivity (Wildman–Crippen MR) is 86.0 cm³/mol. The van der Waals surface area contributed by atoms with E-state index in [-0.39, 0.29) is 6.09 Å². The normalized spacial score (nSPS) is 19.5. The summed E-state index contributed by atoms with van der Waals surface area (Å²) in [5, 5.41) is 0. The van der Waals surface area contributed by atoms with Gasteiger partial charge in [-0.2, -0.15) is 0 Å². The van der Waals surface area contributed by atoms with Crippen LogP contribution in [-0.2, 0) is 4.74 Å². The van der Waals surface area contributed by atoms with Gasteiger partial charge in [-0.25, -0.2) is 14.8 Å². The molecule has 0 bridgehead atoms. The second-order valence-corrected chi connectivity index (χ2v) is 6.09. The first-order valence-electron chi connectivity index (χ1n) is 7.27. The molecular formula is C16H22N4O2. The fourth-order valence-electron chi connectivity index (χ4n) is 2.09. The van der Waals surface area contributed by atoms with Crippen molar-refractivity contribution in [2.24, 2.45) is 10.7 Å². The Morgan fingerprint density at radius 3 is 2.82 bits per heavy atom. The smallest absolute Gasteiger partial charge is 0.410 e. The molecule has 22 heavy (non-hydrogen) atoms. The fraction of sp³-hybridized carbons (Fsp3) is 0.438. The molecule has 0 saturated carbocycles. The minimum Gasteiger partial charge on any atom is -0.444 e. The molecule has 1 aliphatic heterocycles. The molecule has 0 aliphatic carbocycles. The van der Waals surface area contributed by atoms with Crippen molar-refractivity contribution in [2.45, 2.75) is 32.8 Å². The summed E-state index contributed by atoms with van der Waals surface area (Å²) >= 11 is 0. The fourth-order valence-corrected chi connectivity index (χ4v) is 2.09. The summed E-state index contributed by atoms with van der Waals surface area (Å²) in [6.07, 6.45) is 3.55. The molecule has 0 radical (unpaired) electrons. The molecule has 1 fully saturated rings. The van der Waals surface area contributed by atoms with Gasteiger partial charge in [0.2, 0.25) is 0 Å². The molecule has 1 amide bonds. The lowest BCUT2D eigenvalue weighted by molar-refractivity contribution is 0.0274. The van der Waals surface area contributed by atoms with Crippen molar-refractivity contribution in [3.63, 3.8) is 0 Å². The number of amides is 1. The van der Waals surface area contributed by atoms with Gasteiger partial charge in [0.15, 0.2) is 5.82 Å². The lowest BCUT2D eigenvalue weighted by Crippen LogP contribution is -2.44. The number of carbonyl (C=O) groups is 1. The minimum absolute atomic E-state index is 0.336. The number of carbonyl (C=O) groups excluding carboxylic acids is 1. The quantitative estimate of drug-likeness (QED) is 0.864. The third-order valence-electron chi connectivity index (χ3n) is 3.11. The highest BCUT2D eigenvalue weighted by Crippen LogP contribution is 2.19. The highest BCUT2D eigenvalue weighted by atomic mass is 16.6. The maximum Gasteiger partial charge on any atom is 0.410 e. The monoisotopic (exact) mass is 302 g/mol. The summed E-state index contributed by atoms with van der Waals surface area (Å²) in [7, 11) is 0. The van der Waals surface area contributed by atoms with Crippen molar-refractivity contribution >= 4 is 17.6 Å². The molecule has 2 N–H and O–H groups in total. The molecule has 0 spiro atoms. The second-order valence-electron chi connectivity index (χ2n) is 6.09. The highest BCUT2D eigenvalue weighted by Gasteiger charge is 2.27. The number of nitrogens with two attached hydrogens (primary N) is 1. The molecule has 6 heteroatoms. The van der Waals surface area contributed by atoms with E-state index in [9.17, 15) is 4.79 Å². The number of hydrogen-bond donors (Lipinski definition) is 1. The zero-order chi connectivity index (χ0) is 16.2. The summed E-state index contributed by atoms with van der Waals surface area (Å²) in [6.45, 7) is 6.49. The summed E-state index contributed by atoms with van der Waals surface area (Å²) in [4.78, 5) is 22.5. The molecule has 1 aromatic heterocycles. The molecular weight excluding hydrogens is 280 g/mol. The Kier molecular flexibility index (Phi) is 4.80. The predicted octanol–water partition coefficient (Wildman–Crippen LogP) is 2.64. The summed E-state index contributed by atoms with van der Waals surface area (Å²) in [5.74, 6) is 0.600. The van der Waals surface area contributed by atoms with Crippen LogP contribution in [0, 0.1) is 0 Å². The topological polar surface area (TPSA) is 80.8 Å². The largest absolute Gasteiger partial charge is 0.444 e. The van der Waals surface area contributed by atoms with Crippen LogP contribution in [0.1, 0.15) is 27.2 Å². The van der Waals surface area contributed by atoms with Crippen molar-refractivity contribution in [2.75, 3.05) is 13.1 Å². The van der Waals surface area contributed by atoms with Gasteiger partial charge in [0.25, 0.3) is 0 Å². The first-order chi connectivity index (χ1) is 10.4. The van der Waals surface area contributed by atoms with Crippen LogP contribution in [-0.4, -0.2) is 40.4 Å². The number of aromatic nitrogens is 1. The van der Waals surface area contributed by atoms with Gasteiger partial charge in [0, 0.05) is 12.7 Å². The van der Waals surface area contributed by atoms with Gasteiger partial charge in [-0.05, 0) is 51.1 Å². The Morgan fingerprint density at radius 1 is 1.45 bits per heavy atom. The summed E-state index contributed by atoms with van der Waals surface area (Å²) in [5.41, 5.74) is 6.84. The Hall–Kier alpha value is -2.37. The summed E-state index contributed by atoms with van der Waals surface area (Å²) in [6, 6.07) is 5.51. The molecule has 1 aliphatic rings. The van der Waals surface area contributed by atoms with E-state index < -0.39 is 5.60 Å². The maximum absolute atomic E-state index is 12.2. The van der Waals surface area contributed by atoms with Crippen molar-refractivity contribution < 1.29 is 9.53 Å². The van der Waals surface area contributed by atoms with Gasteiger partial charge in [-0.15, -0.1) is 0 Å². The van der Waals surface area contributed by atoms with Crippen LogP contribution in [0.3, 0.4) is 0 Å². The van der Waals surface area contributed by atoms with Gasteiger partial charge >= 0.3 is 6.09 Å². The highest BCUT2D eigenvalue weighted by molar-refractivity contribution is 6.04. The van der Waals surface area contributed by atoms with Crippen molar-refractivity contribution in [3.05, 3.63) is 36.2 Å². The van der Waals surface area contributed by atoms with Crippen LogP contribution < -0.4 is 5.73 Å². The van der Waals surface area contributed by atoms with Crippen LogP contribution in [0.4, 0.5) is 10.6 Å². The van der Waals surface area contributed by atoms with E-state index >= 15 is 0 Å². The molecule has 2 rings (SSSR count). The summed E-state index contributed by atoms with van der Waals surface area (Å²) < 4.78 is 5.41. The molecule has 6 nitrogen and oxygen atoms in total. The molecule has 0 aromatic carbocycles. The Morgan fingerprint density at radius 2 is 2.23 bits per heavy atom. The Labute approximate surface area is 130 Å². The van der Waals surface area contributed by atoms with E-state index in [0.29, 0.717) is 25.3 Å². The average molecular weight is 302 g/mol. The van der Waals surface area contributed by atoms with E-state index in [1.54, 1.807) is 17.3 Å². The first kappa shape index (κ1) is 16.0. The lowest BCUT2D eigenvalue weighted by Gasteiger charge is -2.31. The number of piperidine rings is 1. The molecule has 0 unspecified atom stereocenters. The number of pyridine rings is 1. The van der Waals surface area contributed by atoms with Gasteiger partial charge in [0.05, 0.1) is 12.3 Å². The van der Waals surface area contributed by atoms with Gasteiger partial charge in [0.1, 0.15) is 5.60 Å². The number of hydrogen-bond acceptors (Lipinski definition) is 5. The van der Waals surface area contributed by atoms with Crippen LogP contribution in [0.2, 0.25) is 0 Å². The van der Waals surface area contributed by atoms with Gasteiger partial charge < -0.3 is 15.4 Å². The second kappa shape index (κ2) is 6.60. The third-order valence-corrected chi connectivity index (χ3v) is 3.11. The molecule has 1 saturated heterocycles. The zero-order valence-corrected chi connectivity index (χ0v) is 13.2. The molecule has 1 aromatic rings. The van der Waals surface area contributed by atoms with Crippen LogP contribution in [0.25, 0.3) is 0 Å². The van der Waals surface area contributed by atoms with Crippen LogP contribution in [0.15, 0.2) is 41.2 Å². The van der Waals surface area contributed by atoms with E-state index in [1.165, 1.54) is 0 Å². The number of likely N-dealkylation sites (tertiary alicyclic amines) is 1. The van der Waals surface area contributed by atoms with E-state index in [2.05, 4.69) is 9.98 Å². The Bertz CT molecular complexity index is 588. The van der Waals surface area contributed by atoms with Gasteiger partial charge in [-0.1, -0.05) is 6.07 Å². The van der Waals surface area contributed by atoms with Crippen LogP contribution >= 0.6 is 0 Å². The lowest BCUT2D eigenvalue weighted by atomic mass is 10.0. The average Bonchev–Trinajstić information content (AvgIpc) is 2.46. The SMILES string of the molecule is CC(C)(C)OC(=O)N1CCC(=C/N)/C(=N/c2ccccn2)C1. The molecule has 2 heterocycles. The van der Waals surface area contributed by atoms with E-state index in [0.717, 1.165) is 11.3 Å². The molecule has 0 atom stereocenters. The number of ether oxygens (including phenoxy) is 1. The van der Waals surface area contributed by atoms with E-state index in [4.69, 9.17) is 10.5 Å². The maximum atomic E-state index is 12.2. The standard InChI is InChI=1S/C16H22N4O2/c1-16(2,3)22-15(21)20-9-7-12(10-17)13(11-20)19-14-6-4-5-8-18-14/h4-6,8,10H,7,9,11,17H2,1-3H3/b12-10-,19-13+. The van der Waals surface area contributed by atoms with Gasteiger partial charge in [-0.3, -0.25) is 0 Å². The first-order valence-corrected chi connectivity index (χ1v) is 7.27. The zero-order valence-electron chi connectivity index (χ0n) is 13.2.